The maximum Gasteiger partial charge on any atom is 0.270 e. The number of carbonyl (C=O) groups excluding carboxylic acids is 1. The molecular formula is C13H15ClN2O4. The van der Waals surface area contributed by atoms with Crippen molar-refractivity contribution in [1.82, 2.24) is 5.32 Å². The van der Waals surface area contributed by atoms with Crippen LogP contribution in [0.15, 0.2) is 18.2 Å². The van der Waals surface area contributed by atoms with E-state index in [-0.39, 0.29) is 16.6 Å². The predicted molar refractivity (Wildman–Crippen MR) is 73.3 cm³/mol. The van der Waals surface area contributed by atoms with Crippen molar-refractivity contribution in [2.24, 2.45) is 5.41 Å². The highest BCUT2D eigenvalue weighted by molar-refractivity contribution is 6.31. The van der Waals surface area contributed by atoms with Crippen LogP contribution in [0, 0.1) is 15.5 Å². The number of halogens is 1. The molecule has 1 aliphatic rings. The Balaban J connectivity index is 2.28. The number of nitro groups is 1. The zero-order chi connectivity index (χ0) is 14.9. The number of non-ortho nitro benzene ring substituents is 1. The van der Waals surface area contributed by atoms with Gasteiger partial charge in [-0.05, 0) is 12.5 Å². The molecule has 1 aromatic carbocycles. The molecule has 1 fully saturated rings. The van der Waals surface area contributed by atoms with Crippen LogP contribution >= 0.6 is 11.6 Å². The molecule has 1 aliphatic heterocycles. The third-order valence-corrected chi connectivity index (χ3v) is 3.69. The Bertz CT molecular complexity index is 559. The van der Waals surface area contributed by atoms with Crippen LogP contribution in [-0.4, -0.2) is 17.4 Å². The van der Waals surface area contributed by atoms with Crippen molar-refractivity contribution in [3.8, 4) is 0 Å². The van der Waals surface area contributed by atoms with Gasteiger partial charge >= 0.3 is 0 Å². The average molecular weight is 299 g/mol. The van der Waals surface area contributed by atoms with Gasteiger partial charge in [-0.3, -0.25) is 14.9 Å². The van der Waals surface area contributed by atoms with Crippen molar-refractivity contribution in [3.63, 3.8) is 0 Å². The van der Waals surface area contributed by atoms with Gasteiger partial charge < -0.3 is 10.1 Å². The summed E-state index contributed by atoms with van der Waals surface area (Å²) >= 11 is 6.04. The van der Waals surface area contributed by atoms with Crippen LogP contribution in [0.5, 0.6) is 0 Å². The van der Waals surface area contributed by atoms with E-state index in [1.165, 1.54) is 18.2 Å². The number of hydrogen-bond acceptors (Lipinski definition) is 4. The van der Waals surface area contributed by atoms with E-state index < -0.39 is 16.6 Å². The van der Waals surface area contributed by atoms with E-state index >= 15 is 0 Å². The van der Waals surface area contributed by atoms with Gasteiger partial charge in [-0.15, -0.1) is 0 Å². The third kappa shape index (κ3) is 2.91. The summed E-state index contributed by atoms with van der Waals surface area (Å²) in [7, 11) is 0. The lowest BCUT2D eigenvalue weighted by Gasteiger charge is -2.21. The summed E-state index contributed by atoms with van der Waals surface area (Å²) in [5.41, 5.74) is -0.0931. The molecule has 1 amide bonds. The van der Waals surface area contributed by atoms with E-state index in [1.807, 2.05) is 13.8 Å². The topological polar surface area (TPSA) is 81.5 Å². The first-order valence-electron chi connectivity index (χ1n) is 6.18. The van der Waals surface area contributed by atoms with Crippen LogP contribution in [-0.2, 0) is 9.53 Å². The molecule has 2 rings (SSSR count). The molecule has 20 heavy (non-hydrogen) atoms. The molecular weight excluding hydrogens is 284 g/mol. The van der Waals surface area contributed by atoms with Crippen molar-refractivity contribution >= 4 is 23.2 Å². The summed E-state index contributed by atoms with van der Waals surface area (Å²) in [5.74, 6) is -0.130. The average Bonchev–Trinajstić information content (AvgIpc) is 2.49. The van der Waals surface area contributed by atoms with Crippen molar-refractivity contribution in [2.45, 2.75) is 26.5 Å². The largest absolute Gasteiger partial charge is 0.354 e. The van der Waals surface area contributed by atoms with E-state index in [0.29, 0.717) is 18.6 Å². The van der Waals surface area contributed by atoms with E-state index in [2.05, 4.69) is 5.32 Å². The summed E-state index contributed by atoms with van der Waals surface area (Å²) < 4.78 is 5.59. The van der Waals surface area contributed by atoms with Crippen molar-refractivity contribution < 1.29 is 14.5 Å². The number of amides is 1. The number of ether oxygens (including phenoxy) is 1. The fourth-order valence-electron chi connectivity index (χ4n) is 1.91. The van der Waals surface area contributed by atoms with Gasteiger partial charge in [-0.2, -0.15) is 0 Å². The molecule has 0 spiro atoms. The Morgan fingerprint density at radius 1 is 1.50 bits per heavy atom. The molecule has 1 aromatic rings. The maximum absolute atomic E-state index is 12.1. The Morgan fingerprint density at radius 2 is 2.20 bits per heavy atom. The number of carbonyl (C=O) groups is 1. The van der Waals surface area contributed by atoms with E-state index in [0.717, 1.165) is 0 Å². The number of rotatable bonds is 2. The highest BCUT2D eigenvalue weighted by Crippen LogP contribution is 2.32. The van der Waals surface area contributed by atoms with Gasteiger partial charge in [-0.1, -0.05) is 25.4 Å². The second-order valence-electron chi connectivity index (χ2n) is 5.32. The first kappa shape index (κ1) is 14.7. The summed E-state index contributed by atoms with van der Waals surface area (Å²) in [5, 5.41) is 13.6. The molecule has 108 valence electrons. The lowest BCUT2D eigenvalue weighted by atomic mass is 9.89. The maximum atomic E-state index is 12.1. The minimum Gasteiger partial charge on any atom is -0.354 e. The van der Waals surface area contributed by atoms with Crippen LogP contribution in [0.1, 0.15) is 32.1 Å². The molecule has 0 saturated carbocycles. The fourth-order valence-corrected chi connectivity index (χ4v) is 2.19. The summed E-state index contributed by atoms with van der Waals surface area (Å²) in [6.07, 6.45) is -0.0856. The van der Waals surface area contributed by atoms with Crippen LogP contribution in [0.25, 0.3) is 0 Å². The van der Waals surface area contributed by atoms with Gasteiger partial charge in [-0.25, -0.2) is 0 Å². The molecule has 0 radical (unpaired) electrons. The highest BCUT2D eigenvalue weighted by Gasteiger charge is 2.33. The number of nitro benzene ring substituents is 1. The Kier molecular flexibility index (Phi) is 3.96. The number of hydrogen-bond donors (Lipinski definition) is 1. The Labute approximate surface area is 121 Å². The Hall–Kier alpha value is -1.66. The lowest BCUT2D eigenvalue weighted by Crippen LogP contribution is -2.37. The second-order valence-corrected chi connectivity index (χ2v) is 5.73. The predicted octanol–water partition coefficient (Wildman–Crippen LogP) is 2.81. The molecule has 6 nitrogen and oxygen atoms in total. The van der Waals surface area contributed by atoms with Gasteiger partial charge in [0, 0.05) is 23.1 Å². The van der Waals surface area contributed by atoms with Crippen LogP contribution in [0.4, 0.5) is 5.69 Å². The molecule has 1 atom stereocenters. The zero-order valence-electron chi connectivity index (χ0n) is 11.2. The van der Waals surface area contributed by atoms with E-state index in [1.54, 1.807) is 0 Å². The minimum absolute atomic E-state index is 0.0981. The Morgan fingerprint density at radius 3 is 2.80 bits per heavy atom. The molecule has 1 heterocycles. The number of nitrogens with zero attached hydrogens (tertiary/aromatic N) is 1. The van der Waals surface area contributed by atoms with Gasteiger partial charge in [0.1, 0.15) is 0 Å². The van der Waals surface area contributed by atoms with Crippen molar-refractivity contribution in [2.75, 3.05) is 6.61 Å². The monoisotopic (exact) mass is 298 g/mol. The standard InChI is InChI=1S/C13H15ClN2O4/c1-13(2)5-6-20-11(15-12(13)17)9-4-3-8(16(18)19)7-10(9)14/h3-4,7,11H,5-6H2,1-2H3,(H,15,17). The fraction of sp³-hybridized carbons (Fsp3) is 0.462. The summed E-state index contributed by atoms with van der Waals surface area (Å²) in [6, 6.07) is 4.10. The quantitative estimate of drug-likeness (QED) is 0.672. The summed E-state index contributed by atoms with van der Waals surface area (Å²) in [4.78, 5) is 22.2. The first-order valence-corrected chi connectivity index (χ1v) is 6.55. The van der Waals surface area contributed by atoms with Gasteiger partial charge in [0.05, 0.1) is 16.6 Å². The zero-order valence-corrected chi connectivity index (χ0v) is 11.9. The summed E-state index contributed by atoms with van der Waals surface area (Å²) in [6.45, 7) is 4.08. The van der Waals surface area contributed by atoms with Crippen molar-refractivity contribution in [1.29, 1.82) is 0 Å². The van der Waals surface area contributed by atoms with Gasteiger partial charge in [0.15, 0.2) is 6.23 Å². The van der Waals surface area contributed by atoms with Gasteiger partial charge in [0.2, 0.25) is 5.91 Å². The second kappa shape index (κ2) is 5.38. The van der Waals surface area contributed by atoms with Crippen LogP contribution in [0.2, 0.25) is 5.02 Å². The third-order valence-electron chi connectivity index (χ3n) is 3.37. The normalized spacial score (nSPS) is 21.9. The highest BCUT2D eigenvalue weighted by atomic mass is 35.5. The van der Waals surface area contributed by atoms with Crippen LogP contribution < -0.4 is 5.32 Å². The van der Waals surface area contributed by atoms with Gasteiger partial charge in [0.25, 0.3) is 5.69 Å². The smallest absolute Gasteiger partial charge is 0.270 e. The molecule has 1 unspecified atom stereocenters. The minimum atomic E-state index is -0.683. The lowest BCUT2D eigenvalue weighted by molar-refractivity contribution is -0.384. The molecule has 0 aliphatic carbocycles. The van der Waals surface area contributed by atoms with Crippen LogP contribution in [0.3, 0.4) is 0 Å². The number of nitrogens with one attached hydrogen (secondary N) is 1. The molecule has 0 bridgehead atoms. The molecule has 7 heteroatoms. The molecule has 0 aromatic heterocycles. The van der Waals surface area contributed by atoms with E-state index in [4.69, 9.17) is 16.3 Å². The van der Waals surface area contributed by atoms with Crippen molar-refractivity contribution in [3.05, 3.63) is 38.9 Å². The van der Waals surface area contributed by atoms with E-state index in [9.17, 15) is 14.9 Å². The molecule has 1 N–H and O–H groups in total. The number of benzene rings is 1. The molecule has 1 saturated heterocycles. The SMILES string of the molecule is CC1(C)CCOC(c2ccc([N+](=O)[O-])cc2Cl)NC1=O. The first-order chi connectivity index (χ1) is 9.31.